The number of ether oxygens (including phenoxy) is 4. The molecule has 0 bridgehead atoms. The van der Waals surface area contributed by atoms with E-state index in [0.717, 1.165) is 175 Å². The Hall–Kier alpha value is -8.75. The number of anilines is 3. The average molecular weight is 1040 g/mol. The molecule has 0 N–H and O–H groups in total. The number of carbonyl (C=O) groups is 1. The molecule has 2 aromatic heterocycles. The van der Waals surface area contributed by atoms with E-state index < -0.39 is 0 Å². The van der Waals surface area contributed by atoms with Gasteiger partial charge in [-0.3, -0.25) is 4.79 Å². The normalized spacial score (nSPS) is 11.4. The van der Waals surface area contributed by atoms with E-state index in [0.29, 0.717) is 32.0 Å². The lowest BCUT2D eigenvalue weighted by Crippen LogP contribution is -2.10. The van der Waals surface area contributed by atoms with Crippen LogP contribution in [-0.4, -0.2) is 41.8 Å². The summed E-state index contributed by atoms with van der Waals surface area (Å²) in [6.45, 7) is 11.4. The Balaban J connectivity index is 1.05. The number of benzene rings is 9. The summed E-state index contributed by atoms with van der Waals surface area (Å²) in [5, 5.41) is 4.41. The van der Waals surface area contributed by atoms with Crippen LogP contribution >= 0.6 is 0 Å². The summed E-state index contributed by atoms with van der Waals surface area (Å²) in [5.41, 5.74) is 14.3. The number of hydrogen-bond donors (Lipinski definition) is 0. The Morgan fingerprint density at radius 1 is 0.380 bits per heavy atom. The highest BCUT2D eigenvalue weighted by molar-refractivity contribution is 6.16. The topological polar surface area (TPSA) is 67.1 Å². The minimum absolute atomic E-state index is 0.617. The number of fused-ring (bicyclic) bond motifs is 6. The van der Waals surface area contributed by atoms with Crippen molar-refractivity contribution in [2.75, 3.05) is 31.3 Å². The van der Waals surface area contributed by atoms with Crippen molar-refractivity contribution in [3.63, 3.8) is 0 Å². The lowest BCUT2D eigenvalue weighted by atomic mass is 10.0. The number of rotatable bonds is 24. The predicted octanol–water partition coefficient (Wildman–Crippen LogP) is 19.2. The summed E-state index contributed by atoms with van der Waals surface area (Å²) in [7, 11) is 0. The largest absolute Gasteiger partial charge is 0.494 e. The van der Waals surface area contributed by atoms with Crippen LogP contribution in [0.15, 0.2) is 194 Å². The number of hydrogen-bond acceptors (Lipinski definition) is 6. The molecule has 9 aromatic carbocycles. The lowest BCUT2D eigenvalue weighted by molar-refractivity contribution is 0.112. The van der Waals surface area contributed by atoms with E-state index in [1.54, 1.807) is 0 Å². The van der Waals surface area contributed by atoms with Crippen LogP contribution in [-0.2, 0) is 0 Å². The van der Waals surface area contributed by atoms with E-state index in [1.807, 2.05) is 24.3 Å². The Morgan fingerprint density at radius 3 is 1.10 bits per heavy atom. The van der Waals surface area contributed by atoms with Crippen molar-refractivity contribution in [2.45, 2.75) is 79.1 Å². The molecule has 0 atom stereocenters. The first kappa shape index (κ1) is 52.3. The fraction of sp³-hybridized carbons (Fsp3) is 0.225. The van der Waals surface area contributed by atoms with Crippen molar-refractivity contribution < 1.29 is 23.7 Å². The number of carbonyl (C=O) groups excluding carboxylic acids is 1. The maximum Gasteiger partial charge on any atom is 0.150 e. The molecule has 0 radical (unpaired) electrons. The first-order valence-electron chi connectivity index (χ1n) is 28.4. The second-order valence-electron chi connectivity index (χ2n) is 20.4. The van der Waals surface area contributed by atoms with Gasteiger partial charge in [0.2, 0.25) is 0 Å². The molecule has 0 fully saturated rings. The van der Waals surface area contributed by atoms with Crippen molar-refractivity contribution in [3.8, 4) is 56.6 Å². The zero-order valence-corrected chi connectivity index (χ0v) is 45.9. The molecule has 0 aliphatic heterocycles. The zero-order chi connectivity index (χ0) is 54.1. The molecule has 0 aliphatic carbocycles. The Morgan fingerprint density at radius 2 is 0.734 bits per heavy atom. The van der Waals surface area contributed by atoms with Gasteiger partial charge in [-0.05, 0) is 170 Å². The molecule has 0 unspecified atom stereocenters. The van der Waals surface area contributed by atoms with Crippen molar-refractivity contribution in [2.24, 2.45) is 0 Å². The van der Waals surface area contributed by atoms with Crippen molar-refractivity contribution in [1.82, 2.24) is 9.13 Å². The Bertz CT molecular complexity index is 3620. The smallest absolute Gasteiger partial charge is 0.150 e. The van der Waals surface area contributed by atoms with Crippen LogP contribution in [0.4, 0.5) is 17.1 Å². The van der Waals surface area contributed by atoms with Crippen molar-refractivity contribution >= 4 is 67.0 Å². The van der Waals surface area contributed by atoms with E-state index in [4.69, 9.17) is 18.9 Å². The third-order valence-electron chi connectivity index (χ3n) is 14.9. The minimum Gasteiger partial charge on any atom is -0.494 e. The van der Waals surface area contributed by atoms with Gasteiger partial charge in [-0.1, -0.05) is 114 Å². The molecule has 0 saturated carbocycles. The fourth-order valence-electron chi connectivity index (χ4n) is 10.7. The molecule has 8 nitrogen and oxygen atoms in total. The first-order valence-corrected chi connectivity index (χ1v) is 28.4. The summed E-state index contributed by atoms with van der Waals surface area (Å²) >= 11 is 0. The molecule has 0 aliphatic rings. The van der Waals surface area contributed by atoms with Gasteiger partial charge < -0.3 is 33.0 Å². The highest BCUT2D eigenvalue weighted by Crippen LogP contribution is 2.45. The molecule has 8 heteroatoms. The summed E-state index contributed by atoms with van der Waals surface area (Å²) in [4.78, 5) is 14.2. The highest BCUT2D eigenvalue weighted by atomic mass is 16.5. The van der Waals surface area contributed by atoms with Crippen LogP contribution in [0.2, 0.25) is 0 Å². The summed E-state index contributed by atoms with van der Waals surface area (Å²) in [6, 6.07) is 68.5. The Labute approximate surface area is 464 Å². The summed E-state index contributed by atoms with van der Waals surface area (Å²) in [6.07, 6.45) is 9.08. The monoisotopic (exact) mass is 1040 g/mol. The molecule has 0 saturated heterocycles. The molecule has 0 amide bonds. The number of aromatic nitrogens is 2. The molecular weight excluding hydrogens is 975 g/mol. The van der Waals surface area contributed by atoms with Gasteiger partial charge in [0.05, 0.1) is 48.5 Å². The molecule has 398 valence electrons. The van der Waals surface area contributed by atoms with Gasteiger partial charge in [0, 0.05) is 66.7 Å². The van der Waals surface area contributed by atoms with E-state index in [2.05, 4.69) is 212 Å². The van der Waals surface area contributed by atoms with Crippen LogP contribution < -0.4 is 23.8 Å². The van der Waals surface area contributed by atoms with E-state index >= 15 is 0 Å². The van der Waals surface area contributed by atoms with Crippen LogP contribution in [0.25, 0.3) is 77.2 Å². The molecule has 0 spiro atoms. The standard InChI is InChI=1S/C71H69N3O5/c1-5-9-39-76-58-35-37-68-64(43-58)66-47-60(78-41-11-7-3)45-62(51-19-15-13-16-20-51)70(66)73(68)56-31-27-54(28-32-56)72(53-25-23-50(49-75)24-26-53)55-29-33-57(34-30-55)74-69-38-36-59(77-40-10-6-2)44-65(69)67-48-61(79-42-12-8-4)46-63(71(67)74)52-21-17-14-18-22-52/h13-38,43-49H,5-12,39-42H2,1-4H3. The quantitative estimate of drug-likeness (QED) is 0.0444. The van der Waals surface area contributed by atoms with Gasteiger partial charge in [-0.15, -0.1) is 0 Å². The van der Waals surface area contributed by atoms with Crippen molar-refractivity contribution in [3.05, 3.63) is 200 Å². The van der Waals surface area contributed by atoms with Gasteiger partial charge >= 0.3 is 0 Å². The molecular formula is C71H69N3O5. The maximum absolute atomic E-state index is 12.0. The third-order valence-corrected chi connectivity index (χ3v) is 14.9. The predicted molar refractivity (Wildman–Crippen MR) is 328 cm³/mol. The van der Waals surface area contributed by atoms with Gasteiger partial charge in [0.25, 0.3) is 0 Å². The van der Waals surface area contributed by atoms with Crippen LogP contribution in [0, 0.1) is 0 Å². The summed E-state index contributed by atoms with van der Waals surface area (Å²) < 4.78 is 30.4. The second-order valence-corrected chi connectivity index (χ2v) is 20.4. The molecule has 11 aromatic rings. The number of unbranched alkanes of at least 4 members (excludes halogenated alkanes) is 4. The first-order chi connectivity index (χ1) is 39.0. The van der Waals surface area contributed by atoms with Crippen LogP contribution in [0.5, 0.6) is 23.0 Å². The SMILES string of the molecule is CCCCOc1ccc2c(c1)c1cc(OCCCC)cc(-c3ccccc3)c1n2-c1ccc(N(c2ccc(C=O)cc2)c2ccc(-n3c4ccc(OCCCC)cc4c4cc(OCCCC)cc(-c5ccccc5)c43)cc2)cc1. The number of nitrogens with zero attached hydrogens (tertiary/aromatic N) is 3. The third kappa shape index (κ3) is 10.9. The van der Waals surface area contributed by atoms with E-state index in [1.165, 1.54) is 0 Å². The Kier molecular flexibility index (Phi) is 16.1. The maximum atomic E-state index is 12.0. The van der Waals surface area contributed by atoms with Crippen molar-refractivity contribution in [1.29, 1.82) is 0 Å². The van der Waals surface area contributed by atoms with Gasteiger partial charge in [0.1, 0.15) is 29.3 Å². The molecule has 11 rings (SSSR count). The van der Waals surface area contributed by atoms with E-state index in [-0.39, 0.29) is 0 Å². The second kappa shape index (κ2) is 24.3. The van der Waals surface area contributed by atoms with Crippen LogP contribution in [0.1, 0.15) is 89.4 Å². The fourth-order valence-corrected chi connectivity index (χ4v) is 10.7. The number of aldehydes is 1. The van der Waals surface area contributed by atoms with Crippen LogP contribution in [0.3, 0.4) is 0 Å². The lowest BCUT2D eigenvalue weighted by Gasteiger charge is -2.26. The average Bonchev–Trinajstić information content (AvgIpc) is 3.74. The highest BCUT2D eigenvalue weighted by Gasteiger charge is 2.23. The van der Waals surface area contributed by atoms with Gasteiger partial charge in [-0.2, -0.15) is 0 Å². The van der Waals surface area contributed by atoms with Gasteiger partial charge in [-0.25, -0.2) is 0 Å². The zero-order valence-electron chi connectivity index (χ0n) is 45.9. The molecule has 79 heavy (non-hydrogen) atoms. The van der Waals surface area contributed by atoms with Gasteiger partial charge in [0.15, 0.2) is 0 Å². The summed E-state index contributed by atoms with van der Waals surface area (Å²) in [5.74, 6) is 3.42. The van der Waals surface area contributed by atoms with E-state index in [9.17, 15) is 4.79 Å². The molecule has 2 heterocycles. The minimum atomic E-state index is 0.617.